The fourth-order valence-corrected chi connectivity index (χ4v) is 4.00. The third-order valence-corrected chi connectivity index (χ3v) is 5.42. The smallest absolute Gasteiger partial charge is 0.0169 e. The molecule has 1 fully saturated rings. The zero-order valence-electron chi connectivity index (χ0n) is 11.6. The highest BCUT2D eigenvalue weighted by Gasteiger charge is 2.36. The molecular formula is C16H28. The lowest BCUT2D eigenvalue weighted by atomic mass is 9.62. The van der Waals surface area contributed by atoms with Crippen molar-refractivity contribution < 1.29 is 0 Å². The third-order valence-electron chi connectivity index (χ3n) is 5.42. The summed E-state index contributed by atoms with van der Waals surface area (Å²) >= 11 is 0. The van der Waals surface area contributed by atoms with Crippen LogP contribution in [0.25, 0.3) is 0 Å². The normalized spacial score (nSPS) is 37.1. The highest BCUT2D eigenvalue weighted by molar-refractivity contribution is 5.23. The van der Waals surface area contributed by atoms with E-state index in [1.54, 1.807) is 5.57 Å². The van der Waals surface area contributed by atoms with E-state index >= 15 is 0 Å². The van der Waals surface area contributed by atoms with Gasteiger partial charge in [0.2, 0.25) is 0 Å². The second kappa shape index (κ2) is 4.94. The summed E-state index contributed by atoms with van der Waals surface area (Å²) in [6, 6.07) is 0. The van der Waals surface area contributed by atoms with Crippen LogP contribution in [0.4, 0.5) is 0 Å². The Bertz CT molecular complexity index is 274. The van der Waals surface area contributed by atoms with Crippen LogP contribution in [0.3, 0.4) is 0 Å². The molecule has 92 valence electrons. The van der Waals surface area contributed by atoms with Gasteiger partial charge in [-0.05, 0) is 56.3 Å². The molecular weight excluding hydrogens is 192 g/mol. The van der Waals surface area contributed by atoms with E-state index in [0.717, 1.165) is 23.7 Å². The molecule has 4 atom stereocenters. The minimum atomic E-state index is 0.850. The van der Waals surface area contributed by atoms with Crippen LogP contribution in [-0.2, 0) is 0 Å². The first-order chi connectivity index (χ1) is 7.65. The largest absolute Gasteiger partial charge is 0.0710 e. The molecule has 0 nitrogen and oxygen atoms in total. The molecule has 0 saturated heterocycles. The molecule has 16 heavy (non-hydrogen) atoms. The Hall–Kier alpha value is -0.260. The van der Waals surface area contributed by atoms with Gasteiger partial charge in [0.25, 0.3) is 0 Å². The van der Waals surface area contributed by atoms with Crippen LogP contribution in [0.2, 0.25) is 0 Å². The van der Waals surface area contributed by atoms with E-state index in [1.165, 1.54) is 38.5 Å². The van der Waals surface area contributed by atoms with Crippen molar-refractivity contribution in [3.8, 4) is 0 Å². The van der Waals surface area contributed by atoms with Crippen molar-refractivity contribution in [2.75, 3.05) is 0 Å². The Morgan fingerprint density at radius 3 is 2.75 bits per heavy atom. The number of hydrogen-bond acceptors (Lipinski definition) is 0. The molecule has 2 aliphatic carbocycles. The quantitative estimate of drug-likeness (QED) is 0.561. The summed E-state index contributed by atoms with van der Waals surface area (Å²) in [5, 5.41) is 0. The molecule has 0 heterocycles. The molecule has 2 rings (SSSR count). The summed E-state index contributed by atoms with van der Waals surface area (Å²) in [5.74, 6) is 3.72. The van der Waals surface area contributed by atoms with E-state index in [9.17, 15) is 0 Å². The SMILES string of the molecule is CCC(C)C1CC(C)C(C)=C2CCCCC21. The van der Waals surface area contributed by atoms with Crippen LogP contribution in [-0.4, -0.2) is 0 Å². The van der Waals surface area contributed by atoms with Gasteiger partial charge < -0.3 is 0 Å². The maximum Gasteiger partial charge on any atom is -0.0169 e. The lowest BCUT2D eigenvalue weighted by molar-refractivity contribution is 0.179. The van der Waals surface area contributed by atoms with Gasteiger partial charge in [-0.2, -0.15) is 0 Å². The fourth-order valence-electron chi connectivity index (χ4n) is 4.00. The molecule has 0 radical (unpaired) electrons. The summed E-state index contributed by atoms with van der Waals surface area (Å²) in [6.45, 7) is 9.70. The Balaban J connectivity index is 2.25. The van der Waals surface area contributed by atoms with E-state index in [2.05, 4.69) is 27.7 Å². The summed E-state index contributed by atoms with van der Waals surface area (Å²) in [6.07, 6.45) is 8.63. The van der Waals surface area contributed by atoms with Gasteiger partial charge in [-0.1, -0.05) is 44.8 Å². The molecule has 2 aliphatic rings. The highest BCUT2D eigenvalue weighted by atomic mass is 14.4. The van der Waals surface area contributed by atoms with Gasteiger partial charge in [-0.15, -0.1) is 0 Å². The van der Waals surface area contributed by atoms with Crippen molar-refractivity contribution in [2.24, 2.45) is 23.7 Å². The zero-order chi connectivity index (χ0) is 11.7. The van der Waals surface area contributed by atoms with Crippen LogP contribution < -0.4 is 0 Å². The van der Waals surface area contributed by atoms with Crippen molar-refractivity contribution >= 4 is 0 Å². The summed E-state index contributed by atoms with van der Waals surface area (Å²) in [7, 11) is 0. The van der Waals surface area contributed by atoms with Crippen molar-refractivity contribution in [3.63, 3.8) is 0 Å². The summed E-state index contributed by atoms with van der Waals surface area (Å²) in [4.78, 5) is 0. The van der Waals surface area contributed by atoms with Gasteiger partial charge in [0.1, 0.15) is 0 Å². The molecule has 0 amide bonds. The van der Waals surface area contributed by atoms with Gasteiger partial charge in [0.15, 0.2) is 0 Å². The molecule has 0 aromatic rings. The first kappa shape index (κ1) is 12.2. The zero-order valence-corrected chi connectivity index (χ0v) is 11.6. The van der Waals surface area contributed by atoms with Crippen LogP contribution >= 0.6 is 0 Å². The second-order valence-electron chi connectivity index (χ2n) is 6.25. The van der Waals surface area contributed by atoms with E-state index in [0.29, 0.717) is 0 Å². The van der Waals surface area contributed by atoms with Gasteiger partial charge in [0, 0.05) is 0 Å². The standard InChI is InChI=1S/C16H28/c1-5-11(2)16-10-12(3)13(4)14-8-6-7-9-15(14)16/h11-12,15-16H,5-10H2,1-4H3. The predicted octanol–water partition coefficient (Wildman–Crippen LogP) is 5.20. The molecule has 0 heteroatoms. The van der Waals surface area contributed by atoms with Gasteiger partial charge in [-0.3, -0.25) is 0 Å². The number of hydrogen-bond donors (Lipinski definition) is 0. The molecule has 0 aromatic carbocycles. The maximum absolute atomic E-state index is 2.48. The van der Waals surface area contributed by atoms with Crippen molar-refractivity contribution in [1.82, 2.24) is 0 Å². The van der Waals surface area contributed by atoms with E-state index < -0.39 is 0 Å². The van der Waals surface area contributed by atoms with Crippen molar-refractivity contribution in [3.05, 3.63) is 11.1 Å². The summed E-state index contributed by atoms with van der Waals surface area (Å²) in [5.41, 5.74) is 3.62. The Labute approximate surface area is 102 Å². The van der Waals surface area contributed by atoms with E-state index in [1.807, 2.05) is 5.57 Å². The third kappa shape index (κ3) is 2.08. The van der Waals surface area contributed by atoms with Gasteiger partial charge in [-0.25, -0.2) is 0 Å². The minimum absolute atomic E-state index is 0.850. The number of allylic oxidation sites excluding steroid dienone is 2. The Morgan fingerprint density at radius 1 is 1.31 bits per heavy atom. The van der Waals surface area contributed by atoms with Crippen LogP contribution in [0.5, 0.6) is 0 Å². The fraction of sp³-hybridized carbons (Fsp3) is 0.875. The van der Waals surface area contributed by atoms with Gasteiger partial charge in [0.05, 0.1) is 0 Å². The monoisotopic (exact) mass is 220 g/mol. The average molecular weight is 220 g/mol. The average Bonchev–Trinajstić information content (AvgIpc) is 2.33. The highest BCUT2D eigenvalue weighted by Crippen LogP contribution is 2.48. The topological polar surface area (TPSA) is 0 Å². The lowest BCUT2D eigenvalue weighted by Crippen LogP contribution is -2.32. The molecule has 0 aromatic heterocycles. The minimum Gasteiger partial charge on any atom is -0.0710 e. The second-order valence-corrected chi connectivity index (χ2v) is 6.25. The van der Waals surface area contributed by atoms with Crippen LogP contribution in [0.1, 0.15) is 66.2 Å². The van der Waals surface area contributed by atoms with Crippen LogP contribution in [0, 0.1) is 23.7 Å². The lowest BCUT2D eigenvalue weighted by Gasteiger charge is -2.43. The van der Waals surface area contributed by atoms with Gasteiger partial charge >= 0.3 is 0 Å². The number of rotatable bonds is 2. The first-order valence-corrected chi connectivity index (χ1v) is 7.34. The van der Waals surface area contributed by atoms with Crippen molar-refractivity contribution in [2.45, 2.75) is 66.2 Å². The maximum atomic E-state index is 2.48. The van der Waals surface area contributed by atoms with Crippen LogP contribution in [0.15, 0.2) is 11.1 Å². The predicted molar refractivity (Wildman–Crippen MR) is 71.4 cm³/mol. The van der Waals surface area contributed by atoms with Crippen molar-refractivity contribution in [1.29, 1.82) is 0 Å². The Kier molecular flexibility index (Phi) is 3.77. The summed E-state index contributed by atoms with van der Waals surface area (Å²) < 4.78 is 0. The Morgan fingerprint density at radius 2 is 2.06 bits per heavy atom. The molecule has 1 saturated carbocycles. The first-order valence-electron chi connectivity index (χ1n) is 7.34. The number of fused-ring (bicyclic) bond motifs is 1. The molecule has 0 spiro atoms. The molecule has 4 unspecified atom stereocenters. The van der Waals surface area contributed by atoms with E-state index in [4.69, 9.17) is 0 Å². The molecule has 0 N–H and O–H groups in total. The molecule has 0 aliphatic heterocycles. The van der Waals surface area contributed by atoms with E-state index in [-0.39, 0.29) is 0 Å². The molecule has 0 bridgehead atoms.